The van der Waals surface area contributed by atoms with E-state index in [4.69, 9.17) is 0 Å². The van der Waals surface area contributed by atoms with Gasteiger partial charge in [0.15, 0.2) is 0 Å². The number of nitrogens with zero attached hydrogens (tertiary/aromatic N) is 3. The van der Waals surface area contributed by atoms with Crippen LogP contribution in [0.3, 0.4) is 0 Å². The zero-order valence-electron chi connectivity index (χ0n) is 12.5. The van der Waals surface area contributed by atoms with Gasteiger partial charge >= 0.3 is 0 Å². The topological polar surface area (TPSA) is 42.7 Å². The zero-order valence-corrected chi connectivity index (χ0v) is 12.5. The SMILES string of the molecule is CC(C)CC(CC(C)C)NCCc1nncn1C. The molecule has 1 heterocycles. The summed E-state index contributed by atoms with van der Waals surface area (Å²) < 4.78 is 1.99. The summed E-state index contributed by atoms with van der Waals surface area (Å²) in [7, 11) is 2.00. The van der Waals surface area contributed by atoms with E-state index in [9.17, 15) is 0 Å². The molecule has 0 radical (unpaired) electrons. The maximum absolute atomic E-state index is 4.11. The lowest BCUT2D eigenvalue weighted by atomic mass is 9.95. The van der Waals surface area contributed by atoms with Crippen molar-refractivity contribution in [3.63, 3.8) is 0 Å². The number of rotatable bonds is 8. The van der Waals surface area contributed by atoms with Crippen LogP contribution in [0.15, 0.2) is 6.33 Å². The molecule has 18 heavy (non-hydrogen) atoms. The van der Waals surface area contributed by atoms with Gasteiger partial charge < -0.3 is 9.88 Å². The van der Waals surface area contributed by atoms with Crippen LogP contribution in [0, 0.1) is 11.8 Å². The Balaban J connectivity index is 2.34. The molecule has 0 saturated heterocycles. The highest BCUT2D eigenvalue weighted by Crippen LogP contribution is 2.13. The Hall–Kier alpha value is -0.900. The first kappa shape index (κ1) is 15.2. The molecule has 104 valence electrons. The molecule has 0 aliphatic rings. The van der Waals surface area contributed by atoms with E-state index in [-0.39, 0.29) is 0 Å². The minimum absolute atomic E-state index is 0.623. The van der Waals surface area contributed by atoms with E-state index in [1.54, 1.807) is 6.33 Å². The summed E-state index contributed by atoms with van der Waals surface area (Å²) in [6, 6.07) is 0.623. The van der Waals surface area contributed by atoms with Crippen LogP contribution >= 0.6 is 0 Å². The number of hydrogen-bond donors (Lipinski definition) is 1. The summed E-state index contributed by atoms with van der Waals surface area (Å²) in [6.45, 7) is 10.1. The third kappa shape index (κ3) is 5.63. The van der Waals surface area contributed by atoms with E-state index in [0.29, 0.717) is 6.04 Å². The maximum atomic E-state index is 4.11. The third-order valence-electron chi connectivity index (χ3n) is 3.10. The normalized spacial score (nSPS) is 12.0. The van der Waals surface area contributed by atoms with Crippen LogP contribution < -0.4 is 5.32 Å². The van der Waals surface area contributed by atoms with Gasteiger partial charge in [-0.25, -0.2) is 0 Å². The molecule has 4 heteroatoms. The predicted molar refractivity (Wildman–Crippen MR) is 75.4 cm³/mol. The maximum Gasteiger partial charge on any atom is 0.133 e. The molecule has 0 aromatic carbocycles. The van der Waals surface area contributed by atoms with Crippen LogP contribution in [-0.2, 0) is 13.5 Å². The molecule has 0 amide bonds. The minimum Gasteiger partial charge on any atom is -0.321 e. The second-order valence-electron chi connectivity index (χ2n) is 6.02. The fourth-order valence-corrected chi connectivity index (χ4v) is 2.32. The van der Waals surface area contributed by atoms with Crippen molar-refractivity contribution in [3.8, 4) is 0 Å². The first-order chi connectivity index (χ1) is 8.49. The molecule has 1 aromatic rings. The van der Waals surface area contributed by atoms with Crippen LogP contribution in [0.1, 0.15) is 46.4 Å². The van der Waals surface area contributed by atoms with Gasteiger partial charge in [-0.1, -0.05) is 27.7 Å². The van der Waals surface area contributed by atoms with Gasteiger partial charge in [0.05, 0.1) is 0 Å². The van der Waals surface area contributed by atoms with E-state index in [0.717, 1.165) is 30.6 Å². The molecule has 1 aromatic heterocycles. The summed E-state index contributed by atoms with van der Waals surface area (Å²) in [4.78, 5) is 0. The lowest BCUT2D eigenvalue weighted by Gasteiger charge is -2.22. The van der Waals surface area contributed by atoms with Crippen molar-refractivity contribution in [3.05, 3.63) is 12.2 Å². The van der Waals surface area contributed by atoms with E-state index in [1.807, 2.05) is 11.6 Å². The Kier molecular flexibility index (Phi) is 6.33. The largest absolute Gasteiger partial charge is 0.321 e. The lowest BCUT2D eigenvalue weighted by molar-refractivity contribution is 0.360. The van der Waals surface area contributed by atoms with E-state index in [1.165, 1.54) is 12.8 Å². The number of nitrogens with one attached hydrogen (secondary N) is 1. The highest BCUT2D eigenvalue weighted by atomic mass is 15.2. The molecule has 1 N–H and O–H groups in total. The highest BCUT2D eigenvalue weighted by molar-refractivity contribution is 4.85. The first-order valence-electron chi connectivity index (χ1n) is 7.05. The molecular weight excluding hydrogens is 224 g/mol. The zero-order chi connectivity index (χ0) is 13.5. The molecule has 0 saturated carbocycles. The minimum atomic E-state index is 0.623. The van der Waals surface area contributed by atoms with Crippen molar-refractivity contribution in [2.24, 2.45) is 18.9 Å². The van der Waals surface area contributed by atoms with Crippen LogP contribution in [0.2, 0.25) is 0 Å². The quantitative estimate of drug-likeness (QED) is 0.772. The van der Waals surface area contributed by atoms with E-state index in [2.05, 4.69) is 43.2 Å². The van der Waals surface area contributed by atoms with Crippen molar-refractivity contribution in [2.45, 2.75) is 53.0 Å². The van der Waals surface area contributed by atoms with Crippen LogP contribution in [0.25, 0.3) is 0 Å². The molecule has 0 fully saturated rings. The molecule has 0 atom stereocenters. The number of hydrogen-bond acceptors (Lipinski definition) is 3. The summed E-state index contributed by atoms with van der Waals surface area (Å²) in [5.74, 6) is 2.54. The lowest BCUT2D eigenvalue weighted by Crippen LogP contribution is -2.33. The monoisotopic (exact) mass is 252 g/mol. The smallest absolute Gasteiger partial charge is 0.133 e. The van der Waals surface area contributed by atoms with Gasteiger partial charge in [0.25, 0.3) is 0 Å². The Labute approximate surface area is 111 Å². The first-order valence-corrected chi connectivity index (χ1v) is 7.05. The molecule has 1 rings (SSSR count). The highest BCUT2D eigenvalue weighted by Gasteiger charge is 2.12. The van der Waals surface area contributed by atoms with Crippen LogP contribution in [0.4, 0.5) is 0 Å². The Morgan fingerprint density at radius 1 is 1.17 bits per heavy atom. The number of aromatic nitrogens is 3. The summed E-state index contributed by atoms with van der Waals surface area (Å²) in [5.41, 5.74) is 0. The fourth-order valence-electron chi connectivity index (χ4n) is 2.32. The average molecular weight is 252 g/mol. The average Bonchev–Trinajstić information content (AvgIpc) is 2.62. The summed E-state index contributed by atoms with van der Waals surface area (Å²) in [6.07, 6.45) is 5.20. The van der Waals surface area contributed by atoms with Gasteiger partial charge in [-0.05, 0) is 24.7 Å². The van der Waals surface area contributed by atoms with Gasteiger partial charge in [-0.15, -0.1) is 10.2 Å². The van der Waals surface area contributed by atoms with Crippen LogP contribution in [-0.4, -0.2) is 27.4 Å². The van der Waals surface area contributed by atoms with Gasteiger partial charge in [-0.2, -0.15) is 0 Å². The van der Waals surface area contributed by atoms with Crippen molar-refractivity contribution in [1.29, 1.82) is 0 Å². The van der Waals surface area contributed by atoms with Crippen molar-refractivity contribution in [1.82, 2.24) is 20.1 Å². The third-order valence-corrected chi connectivity index (χ3v) is 3.10. The summed E-state index contributed by atoms with van der Waals surface area (Å²) >= 11 is 0. The molecule has 4 nitrogen and oxygen atoms in total. The van der Waals surface area contributed by atoms with Crippen LogP contribution in [0.5, 0.6) is 0 Å². The Morgan fingerprint density at radius 2 is 1.78 bits per heavy atom. The number of aryl methyl sites for hydroxylation is 1. The molecular formula is C14H28N4. The molecule has 0 bridgehead atoms. The van der Waals surface area contributed by atoms with Crippen molar-refractivity contribution >= 4 is 0 Å². The standard InChI is InChI=1S/C14H28N4/c1-11(2)8-13(9-12(3)4)15-7-6-14-17-16-10-18(14)5/h10-13,15H,6-9H2,1-5H3. The van der Waals surface area contributed by atoms with E-state index >= 15 is 0 Å². The van der Waals surface area contributed by atoms with Gasteiger partial charge in [-0.3, -0.25) is 0 Å². The Morgan fingerprint density at radius 3 is 2.22 bits per heavy atom. The summed E-state index contributed by atoms with van der Waals surface area (Å²) in [5, 5.41) is 11.7. The van der Waals surface area contributed by atoms with Gasteiger partial charge in [0.1, 0.15) is 12.2 Å². The van der Waals surface area contributed by atoms with E-state index < -0.39 is 0 Å². The molecule has 0 spiro atoms. The predicted octanol–water partition coefficient (Wildman–Crippen LogP) is 2.41. The second-order valence-corrected chi connectivity index (χ2v) is 6.02. The van der Waals surface area contributed by atoms with Gasteiger partial charge in [0.2, 0.25) is 0 Å². The fraction of sp³-hybridized carbons (Fsp3) is 0.857. The molecule has 0 aliphatic heterocycles. The Bertz CT molecular complexity index is 320. The van der Waals surface area contributed by atoms with Gasteiger partial charge in [0, 0.05) is 26.1 Å². The second kappa shape index (κ2) is 7.52. The van der Waals surface area contributed by atoms with Crippen molar-refractivity contribution in [2.75, 3.05) is 6.54 Å². The molecule has 0 aliphatic carbocycles. The van der Waals surface area contributed by atoms with Crippen molar-refractivity contribution < 1.29 is 0 Å². The molecule has 0 unspecified atom stereocenters.